The highest BCUT2D eigenvalue weighted by Gasteiger charge is 2.25. The molecule has 1 aromatic carbocycles. The number of likely N-dealkylation sites (tertiary alicyclic amines) is 1. The molecule has 0 aromatic heterocycles. The molecule has 0 aliphatic carbocycles. The molecule has 1 aliphatic rings. The average Bonchev–Trinajstić information content (AvgIpc) is 2.72. The van der Waals surface area contributed by atoms with E-state index in [0.29, 0.717) is 12.1 Å². The molecule has 0 spiro atoms. The molecule has 2 nitrogen and oxygen atoms in total. The maximum Gasteiger partial charge on any atom is 0.163 e. The average molecular weight is 222 g/mol. The van der Waals surface area contributed by atoms with Crippen LogP contribution in [0.1, 0.15) is 18.4 Å². The zero-order valence-electron chi connectivity index (χ0n) is 8.79. The third-order valence-corrected chi connectivity index (χ3v) is 2.92. The van der Waals surface area contributed by atoms with Gasteiger partial charge in [-0.25, -0.2) is 8.78 Å². The smallest absolute Gasteiger partial charge is 0.163 e. The van der Waals surface area contributed by atoms with Gasteiger partial charge in [0.05, 0.1) is 12.1 Å². The summed E-state index contributed by atoms with van der Waals surface area (Å²) in [4.78, 5) is 1.89. The van der Waals surface area contributed by atoms with Crippen LogP contribution < -0.4 is 0 Å². The first kappa shape index (κ1) is 11.0. The predicted molar refractivity (Wildman–Crippen MR) is 55.4 cm³/mol. The van der Waals surface area contributed by atoms with E-state index in [2.05, 4.69) is 6.07 Å². The van der Waals surface area contributed by atoms with E-state index in [4.69, 9.17) is 5.26 Å². The van der Waals surface area contributed by atoms with Crippen LogP contribution in [-0.4, -0.2) is 17.5 Å². The summed E-state index contributed by atoms with van der Waals surface area (Å²) < 4.78 is 26.4. The predicted octanol–water partition coefficient (Wildman–Crippen LogP) is 2.45. The Hall–Kier alpha value is -1.47. The van der Waals surface area contributed by atoms with Crippen molar-refractivity contribution in [3.63, 3.8) is 0 Å². The number of rotatable bonds is 2. The van der Waals surface area contributed by atoms with Gasteiger partial charge in [0, 0.05) is 12.1 Å². The lowest BCUT2D eigenvalue weighted by atomic mass is 10.1. The van der Waals surface area contributed by atoms with Crippen molar-refractivity contribution in [1.29, 1.82) is 5.26 Å². The van der Waals surface area contributed by atoms with Gasteiger partial charge >= 0.3 is 0 Å². The minimum absolute atomic E-state index is 0.164. The summed E-state index contributed by atoms with van der Waals surface area (Å²) >= 11 is 0. The van der Waals surface area contributed by atoms with Gasteiger partial charge in [0.2, 0.25) is 0 Å². The molecule has 1 aliphatic heterocycles. The summed E-state index contributed by atoms with van der Waals surface area (Å²) in [6.45, 7) is 1.08. The van der Waals surface area contributed by atoms with Gasteiger partial charge in [0.25, 0.3) is 0 Å². The van der Waals surface area contributed by atoms with Gasteiger partial charge in [-0.3, -0.25) is 4.90 Å². The fraction of sp³-hybridized carbons (Fsp3) is 0.417. The lowest BCUT2D eigenvalue weighted by molar-refractivity contribution is 0.280. The molecule has 2 rings (SSSR count). The Morgan fingerprint density at radius 3 is 3.00 bits per heavy atom. The minimum Gasteiger partial charge on any atom is -0.284 e. The first-order chi connectivity index (χ1) is 7.72. The Morgan fingerprint density at radius 2 is 2.25 bits per heavy atom. The van der Waals surface area contributed by atoms with Crippen molar-refractivity contribution in [2.24, 2.45) is 0 Å². The summed E-state index contributed by atoms with van der Waals surface area (Å²) in [7, 11) is 0. The van der Waals surface area contributed by atoms with E-state index in [1.54, 1.807) is 6.07 Å². The van der Waals surface area contributed by atoms with E-state index in [1.807, 2.05) is 4.90 Å². The molecule has 4 heteroatoms. The van der Waals surface area contributed by atoms with Crippen LogP contribution in [0.25, 0.3) is 0 Å². The van der Waals surface area contributed by atoms with Crippen LogP contribution in [-0.2, 0) is 6.54 Å². The van der Waals surface area contributed by atoms with Crippen molar-refractivity contribution in [1.82, 2.24) is 4.90 Å². The fourth-order valence-electron chi connectivity index (χ4n) is 2.05. The van der Waals surface area contributed by atoms with Crippen LogP contribution in [0.15, 0.2) is 18.2 Å². The van der Waals surface area contributed by atoms with Gasteiger partial charge in [-0.2, -0.15) is 5.26 Å². The standard InChI is InChI=1S/C12H12F2N2/c13-11-5-1-3-9(12(11)14)8-16-6-2-4-10(16)7-15/h1,3,5,10H,2,4,6,8H2. The molecule has 0 radical (unpaired) electrons. The van der Waals surface area contributed by atoms with Crippen molar-refractivity contribution in [2.75, 3.05) is 6.54 Å². The topological polar surface area (TPSA) is 27.0 Å². The van der Waals surface area contributed by atoms with Crippen molar-refractivity contribution >= 4 is 0 Å². The summed E-state index contributed by atoms with van der Waals surface area (Å²) in [6, 6.07) is 6.17. The normalized spacial score (nSPS) is 20.9. The van der Waals surface area contributed by atoms with E-state index in [1.165, 1.54) is 6.07 Å². The number of nitriles is 1. The van der Waals surface area contributed by atoms with E-state index in [0.717, 1.165) is 25.5 Å². The molecule has 84 valence electrons. The Labute approximate surface area is 93.1 Å². The van der Waals surface area contributed by atoms with E-state index >= 15 is 0 Å². The lowest BCUT2D eigenvalue weighted by Crippen LogP contribution is -2.28. The molecular formula is C12H12F2N2. The van der Waals surface area contributed by atoms with Gasteiger partial charge in [-0.1, -0.05) is 12.1 Å². The van der Waals surface area contributed by atoms with Crippen molar-refractivity contribution in [3.8, 4) is 6.07 Å². The molecule has 0 amide bonds. The van der Waals surface area contributed by atoms with Crippen molar-refractivity contribution < 1.29 is 8.78 Å². The van der Waals surface area contributed by atoms with E-state index < -0.39 is 11.6 Å². The van der Waals surface area contributed by atoms with Crippen LogP contribution in [0.3, 0.4) is 0 Å². The highest BCUT2D eigenvalue weighted by atomic mass is 19.2. The molecule has 0 N–H and O–H groups in total. The summed E-state index contributed by atoms with van der Waals surface area (Å²) in [5, 5.41) is 8.88. The fourth-order valence-corrected chi connectivity index (χ4v) is 2.05. The Bertz CT molecular complexity index is 426. The van der Waals surface area contributed by atoms with Crippen molar-refractivity contribution in [2.45, 2.75) is 25.4 Å². The van der Waals surface area contributed by atoms with Gasteiger partial charge in [-0.15, -0.1) is 0 Å². The SMILES string of the molecule is N#CC1CCCN1Cc1cccc(F)c1F. The van der Waals surface area contributed by atoms with Crippen LogP contribution >= 0.6 is 0 Å². The van der Waals surface area contributed by atoms with Gasteiger partial charge in [-0.05, 0) is 25.5 Å². The molecule has 1 saturated heterocycles. The van der Waals surface area contributed by atoms with E-state index in [9.17, 15) is 8.78 Å². The first-order valence-electron chi connectivity index (χ1n) is 5.29. The highest BCUT2D eigenvalue weighted by Crippen LogP contribution is 2.21. The molecule has 1 atom stereocenters. The van der Waals surface area contributed by atoms with Gasteiger partial charge in [0.1, 0.15) is 0 Å². The second kappa shape index (κ2) is 4.58. The third kappa shape index (κ3) is 2.05. The highest BCUT2D eigenvalue weighted by molar-refractivity contribution is 5.19. The van der Waals surface area contributed by atoms with Crippen LogP contribution in [0.5, 0.6) is 0 Å². The Morgan fingerprint density at radius 1 is 1.44 bits per heavy atom. The summed E-state index contributed by atoms with van der Waals surface area (Å²) in [5.74, 6) is -1.63. The number of hydrogen-bond donors (Lipinski definition) is 0. The number of nitrogens with zero attached hydrogens (tertiary/aromatic N) is 2. The molecule has 1 unspecified atom stereocenters. The second-order valence-electron chi connectivity index (χ2n) is 3.97. The quantitative estimate of drug-likeness (QED) is 0.768. The largest absolute Gasteiger partial charge is 0.284 e. The number of hydrogen-bond acceptors (Lipinski definition) is 2. The van der Waals surface area contributed by atoms with Gasteiger partial charge < -0.3 is 0 Å². The molecule has 1 fully saturated rings. The Balaban J connectivity index is 2.15. The lowest BCUT2D eigenvalue weighted by Gasteiger charge is -2.19. The second-order valence-corrected chi connectivity index (χ2v) is 3.97. The molecule has 1 aromatic rings. The monoisotopic (exact) mass is 222 g/mol. The zero-order valence-corrected chi connectivity index (χ0v) is 8.79. The summed E-state index contributed by atoms with van der Waals surface area (Å²) in [5.41, 5.74) is 0.321. The van der Waals surface area contributed by atoms with Crippen LogP contribution in [0.2, 0.25) is 0 Å². The maximum absolute atomic E-state index is 13.4. The number of benzene rings is 1. The van der Waals surface area contributed by atoms with Gasteiger partial charge in [0.15, 0.2) is 11.6 Å². The number of halogens is 2. The third-order valence-electron chi connectivity index (χ3n) is 2.92. The zero-order chi connectivity index (χ0) is 11.5. The molecule has 0 saturated carbocycles. The molecule has 16 heavy (non-hydrogen) atoms. The first-order valence-corrected chi connectivity index (χ1v) is 5.29. The molecule has 0 bridgehead atoms. The van der Waals surface area contributed by atoms with Crippen LogP contribution in [0.4, 0.5) is 8.78 Å². The van der Waals surface area contributed by atoms with Crippen molar-refractivity contribution in [3.05, 3.63) is 35.4 Å². The molecular weight excluding hydrogens is 210 g/mol. The molecule has 1 heterocycles. The Kier molecular flexibility index (Phi) is 3.16. The maximum atomic E-state index is 13.4. The minimum atomic E-state index is -0.829. The van der Waals surface area contributed by atoms with Crippen LogP contribution in [0, 0.1) is 23.0 Å². The summed E-state index contributed by atoms with van der Waals surface area (Å²) in [6.07, 6.45) is 1.75. The van der Waals surface area contributed by atoms with E-state index in [-0.39, 0.29) is 6.04 Å².